The maximum absolute atomic E-state index is 12.3. The summed E-state index contributed by atoms with van der Waals surface area (Å²) in [5, 5.41) is 13.3. The van der Waals surface area contributed by atoms with E-state index in [0.717, 1.165) is 0 Å². The van der Waals surface area contributed by atoms with Crippen LogP contribution in [0.2, 0.25) is 10.0 Å². The van der Waals surface area contributed by atoms with Crippen molar-refractivity contribution >= 4 is 29.1 Å². The first-order chi connectivity index (χ1) is 11.8. The summed E-state index contributed by atoms with van der Waals surface area (Å²) in [6, 6.07) is 14.0. The van der Waals surface area contributed by atoms with E-state index in [1.54, 1.807) is 37.3 Å². The van der Waals surface area contributed by atoms with Gasteiger partial charge in [0.15, 0.2) is 0 Å². The summed E-state index contributed by atoms with van der Waals surface area (Å²) in [7, 11) is 0. The van der Waals surface area contributed by atoms with Gasteiger partial charge in [-0.2, -0.15) is 0 Å². The molecular formula is C18H20Cl2N2O3. The molecule has 7 heteroatoms. The first kappa shape index (κ1) is 19.5. The largest absolute Gasteiger partial charge is 0.489 e. The molecule has 2 aromatic rings. The number of hydrogen-bond acceptors (Lipinski definition) is 4. The third kappa shape index (κ3) is 5.09. The van der Waals surface area contributed by atoms with Crippen LogP contribution < -0.4 is 15.8 Å². The Morgan fingerprint density at radius 3 is 2.60 bits per heavy atom. The Bertz CT molecular complexity index is 724. The minimum Gasteiger partial charge on any atom is -0.489 e. The number of amides is 1. The van der Waals surface area contributed by atoms with E-state index in [-0.39, 0.29) is 18.2 Å². The fourth-order valence-corrected chi connectivity index (χ4v) is 2.50. The highest BCUT2D eigenvalue weighted by atomic mass is 35.5. The van der Waals surface area contributed by atoms with Crippen molar-refractivity contribution in [1.29, 1.82) is 0 Å². The number of carbonyl (C=O) groups is 1. The number of halogens is 2. The number of nitrogens with two attached hydrogens (primary N) is 1. The average Bonchev–Trinajstić information content (AvgIpc) is 2.61. The molecule has 2 atom stereocenters. The minimum absolute atomic E-state index is 0.00333. The molecule has 0 spiro atoms. The molecule has 0 aliphatic carbocycles. The number of aliphatic hydroxyl groups is 1. The van der Waals surface area contributed by atoms with Gasteiger partial charge in [-0.15, -0.1) is 0 Å². The van der Waals surface area contributed by atoms with E-state index < -0.39 is 17.6 Å². The Balaban J connectivity index is 1.86. The van der Waals surface area contributed by atoms with Crippen molar-refractivity contribution in [3.05, 3.63) is 64.1 Å². The van der Waals surface area contributed by atoms with Gasteiger partial charge in [-0.05, 0) is 24.6 Å². The van der Waals surface area contributed by atoms with Crippen LogP contribution in [-0.4, -0.2) is 30.3 Å². The molecule has 0 aliphatic heterocycles. The third-order valence-electron chi connectivity index (χ3n) is 3.69. The fraction of sp³-hybridized carbons (Fsp3) is 0.278. The van der Waals surface area contributed by atoms with Gasteiger partial charge in [-0.25, -0.2) is 0 Å². The second kappa shape index (κ2) is 8.54. The van der Waals surface area contributed by atoms with Gasteiger partial charge in [-0.1, -0.05) is 59.6 Å². The van der Waals surface area contributed by atoms with Crippen LogP contribution in [0.1, 0.15) is 12.5 Å². The Labute approximate surface area is 156 Å². The van der Waals surface area contributed by atoms with Gasteiger partial charge < -0.3 is 20.9 Å². The molecular weight excluding hydrogens is 363 g/mol. The van der Waals surface area contributed by atoms with Gasteiger partial charge in [0.2, 0.25) is 5.91 Å². The number of benzene rings is 2. The minimum atomic E-state index is -1.20. The van der Waals surface area contributed by atoms with Crippen LogP contribution in [0.15, 0.2) is 48.5 Å². The predicted octanol–water partition coefficient (Wildman–Crippen LogP) is 2.72. The molecule has 1 amide bonds. The number of nitrogens with one attached hydrogen (secondary N) is 1. The number of carbonyl (C=O) groups excluding carboxylic acids is 1. The van der Waals surface area contributed by atoms with Crippen molar-refractivity contribution in [1.82, 2.24) is 5.32 Å². The van der Waals surface area contributed by atoms with Crippen molar-refractivity contribution < 1.29 is 14.6 Å². The smallest absolute Gasteiger partial charge is 0.244 e. The molecule has 0 saturated heterocycles. The Morgan fingerprint density at radius 2 is 1.92 bits per heavy atom. The zero-order valence-corrected chi connectivity index (χ0v) is 15.2. The lowest BCUT2D eigenvalue weighted by molar-refractivity contribution is -0.126. The summed E-state index contributed by atoms with van der Waals surface area (Å²) < 4.78 is 5.43. The zero-order valence-electron chi connectivity index (χ0n) is 13.7. The molecule has 4 N–H and O–H groups in total. The van der Waals surface area contributed by atoms with Crippen LogP contribution in [0.4, 0.5) is 0 Å². The highest BCUT2D eigenvalue weighted by Gasteiger charge is 2.30. The second-order valence-electron chi connectivity index (χ2n) is 5.80. The lowest BCUT2D eigenvalue weighted by Gasteiger charge is -2.25. The monoisotopic (exact) mass is 382 g/mol. The zero-order chi connectivity index (χ0) is 18.4. The molecule has 0 aromatic heterocycles. The number of aliphatic hydroxyl groups excluding tert-OH is 1. The first-order valence-electron chi connectivity index (χ1n) is 7.70. The van der Waals surface area contributed by atoms with Gasteiger partial charge in [0.25, 0.3) is 0 Å². The predicted molar refractivity (Wildman–Crippen MR) is 99.0 cm³/mol. The molecule has 0 heterocycles. The molecule has 5 nitrogen and oxygen atoms in total. The van der Waals surface area contributed by atoms with E-state index in [9.17, 15) is 9.90 Å². The molecule has 0 fully saturated rings. The fourth-order valence-electron chi connectivity index (χ4n) is 2.15. The van der Waals surface area contributed by atoms with E-state index >= 15 is 0 Å². The summed E-state index contributed by atoms with van der Waals surface area (Å²) in [5.74, 6) is -0.0222. The molecule has 0 aliphatic rings. The topological polar surface area (TPSA) is 84.6 Å². The van der Waals surface area contributed by atoms with E-state index in [1.165, 1.54) is 0 Å². The van der Waals surface area contributed by atoms with E-state index in [1.807, 2.05) is 18.2 Å². The Kier molecular flexibility index (Phi) is 6.67. The number of rotatable bonds is 7. The SMILES string of the molecule is CC(N)(C(=O)NCC(O)COc1cccc(Cl)c1Cl)c1ccccc1. The number of hydrogen-bond donors (Lipinski definition) is 3. The van der Waals surface area contributed by atoms with Crippen LogP contribution in [0.5, 0.6) is 5.75 Å². The number of ether oxygens (including phenoxy) is 1. The Hall–Kier alpha value is -1.79. The molecule has 0 saturated carbocycles. The lowest BCUT2D eigenvalue weighted by Crippen LogP contribution is -2.51. The van der Waals surface area contributed by atoms with Crippen LogP contribution in [0, 0.1) is 0 Å². The molecule has 2 aromatic carbocycles. The van der Waals surface area contributed by atoms with Gasteiger partial charge in [0, 0.05) is 6.54 Å². The normalized spacial score (nSPS) is 14.4. The van der Waals surface area contributed by atoms with Crippen LogP contribution in [0.3, 0.4) is 0 Å². The van der Waals surface area contributed by atoms with Crippen molar-refractivity contribution in [3.8, 4) is 5.75 Å². The van der Waals surface area contributed by atoms with Crippen molar-refractivity contribution in [2.24, 2.45) is 5.73 Å². The van der Waals surface area contributed by atoms with Gasteiger partial charge >= 0.3 is 0 Å². The van der Waals surface area contributed by atoms with Gasteiger partial charge in [0.1, 0.15) is 29.0 Å². The van der Waals surface area contributed by atoms with E-state index in [0.29, 0.717) is 16.3 Å². The molecule has 134 valence electrons. The highest BCUT2D eigenvalue weighted by Crippen LogP contribution is 2.31. The van der Waals surface area contributed by atoms with Crippen LogP contribution in [0.25, 0.3) is 0 Å². The molecule has 2 unspecified atom stereocenters. The second-order valence-corrected chi connectivity index (χ2v) is 6.58. The first-order valence-corrected chi connectivity index (χ1v) is 8.45. The molecule has 0 bridgehead atoms. The summed E-state index contributed by atoms with van der Waals surface area (Å²) in [6.07, 6.45) is -0.925. The quantitative estimate of drug-likeness (QED) is 0.687. The standard InChI is InChI=1S/C18H20Cl2N2O3/c1-18(21,12-6-3-2-4-7-12)17(24)22-10-13(23)11-25-15-9-5-8-14(19)16(15)20/h2-9,13,23H,10-11,21H2,1H3,(H,22,24). The van der Waals surface area contributed by atoms with Crippen LogP contribution >= 0.6 is 23.2 Å². The van der Waals surface area contributed by atoms with Crippen molar-refractivity contribution in [2.75, 3.05) is 13.2 Å². The highest BCUT2D eigenvalue weighted by molar-refractivity contribution is 6.42. The van der Waals surface area contributed by atoms with Crippen molar-refractivity contribution in [3.63, 3.8) is 0 Å². The maximum Gasteiger partial charge on any atom is 0.244 e. The summed E-state index contributed by atoms with van der Waals surface area (Å²) >= 11 is 11.9. The van der Waals surface area contributed by atoms with E-state index in [2.05, 4.69) is 5.32 Å². The Morgan fingerprint density at radius 1 is 1.24 bits per heavy atom. The lowest BCUT2D eigenvalue weighted by atomic mass is 9.92. The van der Waals surface area contributed by atoms with E-state index in [4.69, 9.17) is 33.7 Å². The summed E-state index contributed by atoms with van der Waals surface area (Å²) in [4.78, 5) is 12.3. The van der Waals surface area contributed by atoms with Crippen LogP contribution in [-0.2, 0) is 10.3 Å². The molecule has 2 rings (SSSR count). The average molecular weight is 383 g/mol. The molecule has 25 heavy (non-hydrogen) atoms. The summed E-state index contributed by atoms with van der Waals surface area (Å²) in [6.45, 7) is 1.57. The van der Waals surface area contributed by atoms with Gasteiger partial charge in [-0.3, -0.25) is 4.79 Å². The maximum atomic E-state index is 12.3. The third-order valence-corrected chi connectivity index (χ3v) is 4.49. The molecule has 0 radical (unpaired) electrons. The summed E-state index contributed by atoms with van der Waals surface area (Å²) in [5.41, 5.74) is 5.60. The van der Waals surface area contributed by atoms with Gasteiger partial charge in [0.05, 0.1) is 5.02 Å². The van der Waals surface area contributed by atoms with Crippen molar-refractivity contribution in [2.45, 2.75) is 18.6 Å².